The van der Waals surface area contributed by atoms with Crippen molar-refractivity contribution in [2.45, 2.75) is 25.8 Å². The molecule has 1 aromatic heterocycles. The summed E-state index contributed by atoms with van der Waals surface area (Å²) in [5.74, 6) is 0.993. The summed E-state index contributed by atoms with van der Waals surface area (Å²) in [6, 6.07) is 8.41. The van der Waals surface area contributed by atoms with Gasteiger partial charge in [-0.1, -0.05) is 35.9 Å². The van der Waals surface area contributed by atoms with Crippen LogP contribution in [0.25, 0.3) is 0 Å². The maximum Gasteiger partial charge on any atom is 0.227 e. The first-order valence-electron chi connectivity index (χ1n) is 8.78. The molecule has 0 radical (unpaired) electrons. The van der Waals surface area contributed by atoms with Crippen LogP contribution in [-0.2, 0) is 17.8 Å². The van der Waals surface area contributed by atoms with Gasteiger partial charge in [0, 0.05) is 26.2 Å². The van der Waals surface area contributed by atoms with E-state index in [1.807, 2.05) is 11.0 Å². The predicted octanol–water partition coefficient (Wildman–Crippen LogP) is 2.93. The largest absolute Gasteiger partial charge is 0.354 e. The van der Waals surface area contributed by atoms with E-state index in [0.29, 0.717) is 11.6 Å². The zero-order valence-electron chi connectivity index (χ0n) is 14.1. The monoisotopic (exact) mass is 356 g/mol. The molecule has 2 aromatic rings. The zero-order chi connectivity index (χ0) is 17.2. The zero-order valence-corrected chi connectivity index (χ0v) is 14.8. The highest BCUT2D eigenvalue weighted by atomic mass is 35.5. The number of hydrogen-bond donors (Lipinski definition) is 0. The highest BCUT2D eigenvalue weighted by molar-refractivity contribution is 6.32. The Bertz CT molecular complexity index is 782. The molecule has 1 aromatic carbocycles. The van der Waals surface area contributed by atoms with Crippen LogP contribution in [0.5, 0.6) is 0 Å². The number of hydrogen-bond acceptors (Lipinski definition) is 4. The van der Waals surface area contributed by atoms with Gasteiger partial charge < -0.3 is 9.80 Å². The minimum Gasteiger partial charge on any atom is -0.354 e. The van der Waals surface area contributed by atoms with Crippen LogP contribution >= 0.6 is 11.6 Å². The summed E-state index contributed by atoms with van der Waals surface area (Å²) in [6.07, 6.45) is 5.96. The van der Waals surface area contributed by atoms with E-state index in [2.05, 4.69) is 33.1 Å². The first-order valence-corrected chi connectivity index (χ1v) is 9.16. The third kappa shape index (κ3) is 3.33. The number of carbonyl (C=O) groups excluding carboxylic acids is 1. The van der Waals surface area contributed by atoms with Crippen molar-refractivity contribution < 1.29 is 4.79 Å². The second-order valence-corrected chi connectivity index (χ2v) is 7.17. The topological polar surface area (TPSA) is 49.3 Å². The predicted molar refractivity (Wildman–Crippen MR) is 97.5 cm³/mol. The van der Waals surface area contributed by atoms with Crippen LogP contribution < -0.4 is 4.90 Å². The van der Waals surface area contributed by atoms with Gasteiger partial charge in [0.15, 0.2) is 5.82 Å². The molecular weight excluding hydrogens is 336 g/mol. The Balaban J connectivity index is 1.47. The van der Waals surface area contributed by atoms with E-state index in [4.69, 9.17) is 11.6 Å². The van der Waals surface area contributed by atoms with E-state index in [0.717, 1.165) is 44.7 Å². The van der Waals surface area contributed by atoms with Gasteiger partial charge in [-0.05, 0) is 30.4 Å². The van der Waals surface area contributed by atoms with E-state index in [9.17, 15) is 4.79 Å². The molecule has 25 heavy (non-hydrogen) atoms. The Morgan fingerprint density at radius 1 is 1.20 bits per heavy atom. The average Bonchev–Trinajstić information content (AvgIpc) is 2.67. The summed E-state index contributed by atoms with van der Waals surface area (Å²) in [5.41, 5.74) is 2.64. The number of piperidine rings is 1. The fourth-order valence-corrected chi connectivity index (χ4v) is 4.08. The molecule has 5 nitrogen and oxygen atoms in total. The van der Waals surface area contributed by atoms with Gasteiger partial charge in [0.2, 0.25) is 5.91 Å². The van der Waals surface area contributed by atoms with Crippen molar-refractivity contribution in [2.75, 3.05) is 24.5 Å². The number of anilines is 1. The summed E-state index contributed by atoms with van der Waals surface area (Å²) in [5, 5.41) is 0.544. The lowest BCUT2D eigenvalue weighted by atomic mass is 9.94. The quantitative estimate of drug-likeness (QED) is 0.830. The van der Waals surface area contributed by atoms with Crippen LogP contribution in [0.4, 0.5) is 5.82 Å². The molecule has 0 spiro atoms. The Kier molecular flexibility index (Phi) is 4.57. The van der Waals surface area contributed by atoms with Crippen LogP contribution in [-0.4, -0.2) is 40.4 Å². The molecule has 0 N–H and O–H groups in total. The average molecular weight is 357 g/mol. The van der Waals surface area contributed by atoms with Crippen LogP contribution in [0.15, 0.2) is 36.8 Å². The number of amides is 1. The van der Waals surface area contributed by atoms with E-state index >= 15 is 0 Å². The number of carbonyl (C=O) groups is 1. The van der Waals surface area contributed by atoms with Crippen molar-refractivity contribution in [2.24, 2.45) is 5.92 Å². The van der Waals surface area contributed by atoms with Crippen molar-refractivity contribution in [3.63, 3.8) is 0 Å². The van der Waals surface area contributed by atoms with Gasteiger partial charge in [-0.15, -0.1) is 0 Å². The molecule has 0 aliphatic carbocycles. The first kappa shape index (κ1) is 16.3. The second kappa shape index (κ2) is 7.00. The summed E-state index contributed by atoms with van der Waals surface area (Å²) in [4.78, 5) is 25.4. The van der Waals surface area contributed by atoms with Crippen LogP contribution in [0, 0.1) is 5.92 Å². The number of nitrogens with zero attached hydrogens (tertiary/aromatic N) is 4. The minimum atomic E-state index is 0.00467. The Hall–Kier alpha value is -2.14. The third-order valence-electron chi connectivity index (χ3n) is 5.16. The van der Waals surface area contributed by atoms with Crippen molar-refractivity contribution in [1.29, 1.82) is 0 Å². The molecule has 1 saturated heterocycles. The molecule has 1 atom stereocenters. The van der Waals surface area contributed by atoms with Crippen LogP contribution in [0.2, 0.25) is 5.02 Å². The molecule has 1 amide bonds. The number of aromatic nitrogens is 2. The van der Waals surface area contributed by atoms with Crippen molar-refractivity contribution in [1.82, 2.24) is 14.9 Å². The van der Waals surface area contributed by atoms with Crippen molar-refractivity contribution in [3.8, 4) is 0 Å². The summed E-state index contributed by atoms with van der Waals surface area (Å²) >= 11 is 6.23. The summed E-state index contributed by atoms with van der Waals surface area (Å²) < 4.78 is 0. The number of rotatable bonds is 2. The van der Waals surface area contributed by atoms with Gasteiger partial charge in [-0.3, -0.25) is 4.79 Å². The molecule has 4 rings (SSSR count). The fraction of sp³-hybridized carbons (Fsp3) is 0.421. The summed E-state index contributed by atoms with van der Waals surface area (Å²) in [6.45, 7) is 3.08. The number of fused-ring (bicyclic) bond motifs is 1. The van der Waals surface area contributed by atoms with E-state index < -0.39 is 0 Å². The third-order valence-corrected chi connectivity index (χ3v) is 5.43. The normalized spacial score (nSPS) is 20.3. The van der Waals surface area contributed by atoms with Crippen molar-refractivity contribution in [3.05, 3.63) is 52.9 Å². The van der Waals surface area contributed by atoms with Crippen LogP contribution in [0.1, 0.15) is 24.0 Å². The molecule has 2 aliphatic rings. The van der Waals surface area contributed by atoms with Crippen LogP contribution in [0.3, 0.4) is 0 Å². The molecule has 6 heteroatoms. The van der Waals surface area contributed by atoms with Gasteiger partial charge in [-0.2, -0.15) is 0 Å². The van der Waals surface area contributed by atoms with E-state index in [-0.39, 0.29) is 11.8 Å². The minimum absolute atomic E-state index is 0.00467. The van der Waals surface area contributed by atoms with Gasteiger partial charge >= 0.3 is 0 Å². The number of benzene rings is 1. The van der Waals surface area contributed by atoms with Gasteiger partial charge in [0.25, 0.3) is 0 Å². The van der Waals surface area contributed by atoms with Gasteiger partial charge in [0.1, 0.15) is 11.3 Å². The Labute approximate surface area is 152 Å². The molecule has 0 saturated carbocycles. The highest BCUT2D eigenvalue weighted by Crippen LogP contribution is 2.29. The second-order valence-electron chi connectivity index (χ2n) is 6.76. The first-order chi connectivity index (χ1) is 12.2. The van der Waals surface area contributed by atoms with Crippen molar-refractivity contribution >= 4 is 23.3 Å². The Morgan fingerprint density at radius 3 is 2.88 bits per heavy atom. The smallest absolute Gasteiger partial charge is 0.227 e. The lowest BCUT2D eigenvalue weighted by Crippen LogP contribution is -2.46. The SMILES string of the molecule is O=C(C1CCCN(c2ncncc2Cl)C1)N1CCc2ccccc2C1. The molecule has 2 aliphatic heterocycles. The molecule has 1 unspecified atom stereocenters. The molecule has 0 bridgehead atoms. The maximum absolute atomic E-state index is 13.1. The highest BCUT2D eigenvalue weighted by Gasteiger charge is 2.31. The van der Waals surface area contributed by atoms with Gasteiger partial charge in [0.05, 0.1) is 12.1 Å². The molecule has 130 valence electrons. The Morgan fingerprint density at radius 2 is 2.04 bits per heavy atom. The summed E-state index contributed by atoms with van der Waals surface area (Å²) in [7, 11) is 0. The van der Waals surface area contributed by atoms with E-state index in [1.165, 1.54) is 17.5 Å². The lowest BCUT2D eigenvalue weighted by Gasteiger charge is -2.37. The molecule has 1 fully saturated rings. The maximum atomic E-state index is 13.1. The number of halogens is 1. The fourth-order valence-electron chi connectivity index (χ4n) is 3.85. The molecule has 3 heterocycles. The lowest BCUT2D eigenvalue weighted by molar-refractivity contribution is -0.136. The van der Waals surface area contributed by atoms with Gasteiger partial charge in [-0.25, -0.2) is 9.97 Å². The molecular formula is C19H21ClN4O. The van der Waals surface area contributed by atoms with E-state index in [1.54, 1.807) is 6.20 Å². The standard InChI is InChI=1S/C19H21ClN4O/c20-17-10-21-13-22-18(17)23-8-3-6-16(12-23)19(25)24-9-7-14-4-1-2-5-15(14)11-24/h1-2,4-5,10,13,16H,3,6-9,11-12H2.